The molecule has 1 aromatic heterocycles. The highest BCUT2D eigenvalue weighted by molar-refractivity contribution is 6.01. The first kappa shape index (κ1) is 24.7. The van der Waals surface area contributed by atoms with Gasteiger partial charge in [-0.3, -0.25) is 9.59 Å². The molecule has 0 bridgehead atoms. The number of para-hydroxylation sites is 2. The van der Waals surface area contributed by atoms with Crippen LogP contribution in [0.5, 0.6) is 17.2 Å². The number of amides is 2. The molecule has 3 aliphatic heterocycles. The summed E-state index contributed by atoms with van der Waals surface area (Å²) in [4.78, 5) is 34.1. The number of hydrogen-bond donors (Lipinski definition) is 0. The zero-order chi connectivity index (χ0) is 26.8. The summed E-state index contributed by atoms with van der Waals surface area (Å²) in [5.74, 6) is 2.33. The Kier molecular flexibility index (Phi) is 6.74. The highest BCUT2D eigenvalue weighted by Gasteiger charge is 2.30. The van der Waals surface area contributed by atoms with Gasteiger partial charge in [0.15, 0.2) is 11.5 Å². The SMILES string of the molecule is CCOc1ccccc1N1CCN(C(=O)CN2N=C(c3nc(-c4ccc5c(c4)OCO5)no3)CCC2=O)CC1. The van der Waals surface area contributed by atoms with Crippen LogP contribution in [0.25, 0.3) is 11.4 Å². The predicted octanol–water partition coefficient (Wildman–Crippen LogP) is 2.54. The van der Waals surface area contributed by atoms with Crippen LogP contribution in [0.3, 0.4) is 0 Å². The number of nitrogens with zero attached hydrogens (tertiary/aromatic N) is 6. The Labute approximate surface area is 224 Å². The van der Waals surface area contributed by atoms with Crippen LogP contribution in [0.1, 0.15) is 25.7 Å². The largest absolute Gasteiger partial charge is 0.492 e. The van der Waals surface area contributed by atoms with Gasteiger partial charge in [0.2, 0.25) is 24.4 Å². The average Bonchev–Trinajstić information content (AvgIpc) is 3.65. The number of piperazine rings is 1. The summed E-state index contributed by atoms with van der Waals surface area (Å²) in [5, 5.41) is 9.68. The molecular formula is C27H28N6O6. The molecule has 0 saturated carbocycles. The molecule has 0 atom stereocenters. The average molecular weight is 533 g/mol. The van der Waals surface area contributed by atoms with Gasteiger partial charge in [-0.15, -0.1) is 0 Å². The number of anilines is 1. The lowest BCUT2D eigenvalue weighted by atomic mass is 10.1. The number of hydrazone groups is 1. The van der Waals surface area contributed by atoms with Gasteiger partial charge >= 0.3 is 0 Å². The van der Waals surface area contributed by atoms with Gasteiger partial charge in [-0.2, -0.15) is 10.1 Å². The molecule has 0 spiro atoms. The maximum atomic E-state index is 13.1. The summed E-state index contributed by atoms with van der Waals surface area (Å²) in [6, 6.07) is 13.3. The Morgan fingerprint density at radius 1 is 1.03 bits per heavy atom. The second-order valence-electron chi connectivity index (χ2n) is 9.26. The van der Waals surface area contributed by atoms with E-state index in [1.54, 1.807) is 17.0 Å². The third-order valence-electron chi connectivity index (χ3n) is 6.83. The highest BCUT2D eigenvalue weighted by Crippen LogP contribution is 2.35. The molecule has 2 amide bonds. The lowest BCUT2D eigenvalue weighted by Crippen LogP contribution is -2.51. The van der Waals surface area contributed by atoms with Gasteiger partial charge in [0.05, 0.1) is 12.3 Å². The molecule has 12 heteroatoms. The number of carbonyl (C=O) groups is 2. The van der Waals surface area contributed by atoms with E-state index < -0.39 is 0 Å². The van der Waals surface area contributed by atoms with Crippen LogP contribution >= 0.6 is 0 Å². The Balaban J connectivity index is 1.10. The molecule has 39 heavy (non-hydrogen) atoms. The molecule has 0 N–H and O–H groups in total. The fraction of sp³-hybridized carbons (Fsp3) is 0.370. The number of benzene rings is 2. The van der Waals surface area contributed by atoms with E-state index in [4.69, 9.17) is 18.7 Å². The number of rotatable bonds is 7. The quantitative estimate of drug-likeness (QED) is 0.452. The van der Waals surface area contributed by atoms with E-state index in [1.165, 1.54) is 5.01 Å². The summed E-state index contributed by atoms with van der Waals surface area (Å²) in [6.45, 7) is 5.01. The van der Waals surface area contributed by atoms with Gasteiger partial charge in [-0.25, -0.2) is 5.01 Å². The Bertz CT molecular complexity index is 1410. The van der Waals surface area contributed by atoms with Gasteiger partial charge in [-0.1, -0.05) is 17.3 Å². The number of ether oxygens (including phenoxy) is 3. The maximum Gasteiger partial charge on any atom is 0.274 e. The molecule has 202 valence electrons. The molecule has 0 unspecified atom stereocenters. The zero-order valence-corrected chi connectivity index (χ0v) is 21.5. The summed E-state index contributed by atoms with van der Waals surface area (Å²) >= 11 is 0. The molecule has 3 aromatic rings. The molecule has 1 saturated heterocycles. The molecular weight excluding hydrogens is 504 g/mol. The zero-order valence-electron chi connectivity index (χ0n) is 21.5. The number of carbonyl (C=O) groups excluding carboxylic acids is 2. The molecule has 0 aliphatic carbocycles. The van der Waals surface area contributed by atoms with E-state index in [2.05, 4.69) is 20.1 Å². The van der Waals surface area contributed by atoms with E-state index in [0.29, 0.717) is 67.8 Å². The lowest BCUT2D eigenvalue weighted by Gasteiger charge is -2.37. The summed E-state index contributed by atoms with van der Waals surface area (Å²) in [5.41, 5.74) is 2.20. The van der Waals surface area contributed by atoms with Crippen molar-refractivity contribution in [2.45, 2.75) is 19.8 Å². The normalized spacial score (nSPS) is 16.9. The summed E-state index contributed by atoms with van der Waals surface area (Å²) in [7, 11) is 0. The first-order valence-corrected chi connectivity index (χ1v) is 13.0. The van der Waals surface area contributed by atoms with Crippen molar-refractivity contribution in [2.75, 3.05) is 51.0 Å². The fourth-order valence-electron chi connectivity index (χ4n) is 4.79. The van der Waals surface area contributed by atoms with Crippen molar-refractivity contribution < 1.29 is 28.3 Å². The van der Waals surface area contributed by atoms with E-state index in [1.807, 2.05) is 37.3 Å². The molecule has 4 heterocycles. The Morgan fingerprint density at radius 3 is 2.69 bits per heavy atom. The second kappa shape index (κ2) is 10.6. The van der Waals surface area contributed by atoms with Crippen LogP contribution in [-0.4, -0.2) is 83.7 Å². The smallest absolute Gasteiger partial charge is 0.274 e. The molecule has 1 fully saturated rings. The van der Waals surface area contributed by atoms with Crippen LogP contribution in [-0.2, 0) is 9.59 Å². The third-order valence-corrected chi connectivity index (χ3v) is 6.83. The first-order chi connectivity index (χ1) is 19.1. The van der Waals surface area contributed by atoms with E-state index >= 15 is 0 Å². The molecule has 12 nitrogen and oxygen atoms in total. The second-order valence-corrected chi connectivity index (χ2v) is 9.26. The van der Waals surface area contributed by atoms with Crippen molar-refractivity contribution in [1.29, 1.82) is 0 Å². The number of hydrogen-bond acceptors (Lipinski definition) is 10. The van der Waals surface area contributed by atoms with Gasteiger partial charge in [0.1, 0.15) is 18.0 Å². The molecule has 0 radical (unpaired) electrons. The highest BCUT2D eigenvalue weighted by atomic mass is 16.7. The van der Waals surface area contributed by atoms with Crippen LogP contribution in [0.15, 0.2) is 52.1 Å². The lowest BCUT2D eigenvalue weighted by molar-refractivity contribution is -0.141. The third kappa shape index (κ3) is 5.09. The number of fused-ring (bicyclic) bond motifs is 1. The van der Waals surface area contributed by atoms with Crippen molar-refractivity contribution in [2.24, 2.45) is 5.10 Å². The van der Waals surface area contributed by atoms with Gasteiger partial charge in [0, 0.05) is 44.6 Å². The standard InChI is InChI=1S/C27H28N6O6/c1-2-36-21-6-4-3-5-20(21)31-11-13-32(14-12-31)25(35)16-33-24(34)10-8-19(29-33)27-28-26(30-39-27)18-7-9-22-23(15-18)38-17-37-22/h3-7,9,15H,2,8,10-14,16-17H2,1H3. The van der Waals surface area contributed by atoms with Crippen molar-refractivity contribution in [1.82, 2.24) is 20.0 Å². The minimum atomic E-state index is -0.216. The van der Waals surface area contributed by atoms with Crippen LogP contribution in [0, 0.1) is 0 Å². The summed E-state index contributed by atoms with van der Waals surface area (Å²) < 4.78 is 22.0. The summed E-state index contributed by atoms with van der Waals surface area (Å²) in [6.07, 6.45) is 0.556. The monoisotopic (exact) mass is 532 g/mol. The molecule has 6 rings (SSSR count). The predicted molar refractivity (Wildman–Crippen MR) is 140 cm³/mol. The molecule has 2 aromatic carbocycles. The van der Waals surface area contributed by atoms with Crippen molar-refractivity contribution in [3.63, 3.8) is 0 Å². The minimum Gasteiger partial charge on any atom is -0.492 e. The van der Waals surface area contributed by atoms with E-state index in [9.17, 15) is 9.59 Å². The first-order valence-electron chi connectivity index (χ1n) is 13.0. The molecule has 3 aliphatic rings. The Hall–Kier alpha value is -4.61. The van der Waals surface area contributed by atoms with Crippen molar-refractivity contribution in [3.8, 4) is 28.6 Å². The van der Waals surface area contributed by atoms with Gasteiger partial charge in [0.25, 0.3) is 5.89 Å². The van der Waals surface area contributed by atoms with Gasteiger partial charge in [-0.05, 0) is 37.3 Å². The number of aromatic nitrogens is 2. The fourth-order valence-corrected chi connectivity index (χ4v) is 4.79. The van der Waals surface area contributed by atoms with E-state index in [0.717, 1.165) is 11.4 Å². The van der Waals surface area contributed by atoms with Crippen LogP contribution in [0.4, 0.5) is 5.69 Å². The maximum absolute atomic E-state index is 13.1. The van der Waals surface area contributed by atoms with E-state index in [-0.39, 0.29) is 37.5 Å². The van der Waals surface area contributed by atoms with Crippen molar-refractivity contribution in [3.05, 3.63) is 48.4 Å². The topological polar surface area (TPSA) is 123 Å². The Morgan fingerprint density at radius 2 is 1.85 bits per heavy atom. The minimum absolute atomic E-state index is 0.138. The van der Waals surface area contributed by atoms with Crippen LogP contribution in [0.2, 0.25) is 0 Å². The van der Waals surface area contributed by atoms with Crippen LogP contribution < -0.4 is 19.1 Å². The van der Waals surface area contributed by atoms with Crippen molar-refractivity contribution >= 4 is 23.2 Å². The van der Waals surface area contributed by atoms with Gasteiger partial charge < -0.3 is 28.5 Å².